The zero-order valence-electron chi connectivity index (χ0n) is 20.7. The number of nitrogens with zero attached hydrogens (tertiary/aromatic N) is 2. The van der Waals surface area contributed by atoms with Gasteiger partial charge in [-0.25, -0.2) is 0 Å². The van der Waals surface area contributed by atoms with E-state index in [1.54, 1.807) is 47.4 Å². The van der Waals surface area contributed by atoms with E-state index < -0.39 is 17.7 Å². The Morgan fingerprint density at radius 2 is 1.86 bits per heavy atom. The van der Waals surface area contributed by atoms with E-state index in [-0.39, 0.29) is 11.3 Å². The minimum absolute atomic E-state index is 0.0762. The predicted molar refractivity (Wildman–Crippen MR) is 137 cm³/mol. The fourth-order valence-corrected chi connectivity index (χ4v) is 4.02. The lowest BCUT2D eigenvalue weighted by Gasteiger charge is -2.26. The monoisotopic (exact) mass is 478 g/mol. The number of rotatable bonds is 12. The van der Waals surface area contributed by atoms with Gasteiger partial charge in [0.25, 0.3) is 11.7 Å². The van der Waals surface area contributed by atoms with Gasteiger partial charge in [0.1, 0.15) is 23.9 Å². The number of carbonyl (C=O) groups excluding carboxylic acids is 2. The molecule has 1 aliphatic rings. The van der Waals surface area contributed by atoms with Gasteiger partial charge in [0.2, 0.25) is 0 Å². The molecule has 2 aromatic rings. The van der Waals surface area contributed by atoms with E-state index in [9.17, 15) is 14.7 Å². The molecule has 0 radical (unpaired) electrons. The highest BCUT2D eigenvalue weighted by molar-refractivity contribution is 6.46. The molecule has 1 amide bonds. The van der Waals surface area contributed by atoms with Crippen LogP contribution in [0.4, 0.5) is 0 Å². The summed E-state index contributed by atoms with van der Waals surface area (Å²) in [6, 6.07) is 13.5. The maximum Gasteiger partial charge on any atom is 0.295 e. The molecule has 1 unspecified atom stereocenters. The van der Waals surface area contributed by atoms with Crippen LogP contribution in [0.25, 0.3) is 5.76 Å². The van der Waals surface area contributed by atoms with E-state index in [2.05, 4.69) is 6.58 Å². The fraction of sp³-hybridized carbons (Fsp3) is 0.357. The number of hydrogen-bond donors (Lipinski definition) is 1. The summed E-state index contributed by atoms with van der Waals surface area (Å²) in [4.78, 5) is 29.9. The number of amides is 1. The molecule has 0 spiro atoms. The topological polar surface area (TPSA) is 79.3 Å². The van der Waals surface area contributed by atoms with Crippen LogP contribution in [0.5, 0.6) is 11.5 Å². The van der Waals surface area contributed by atoms with Gasteiger partial charge in [-0.05, 0) is 63.3 Å². The Bertz CT molecular complexity index is 1080. The van der Waals surface area contributed by atoms with Gasteiger partial charge >= 0.3 is 0 Å². The zero-order chi connectivity index (χ0) is 25.4. The van der Waals surface area contributed by atoms with E-state index in [0.29, 0.717) is 43.2 Å². The normalized spacial score (nSPS) is 17.1. The van der Waals surface area contributed by atoms with Crippen molar-refractivity contribution in [3.63, 3.8) is 0 Å². The van der Waals surface area contributed by atoms with Gasteiger partial charge in [-0.15, -0.1) is 0 Å². The Morgan fingerprint density at radius 1 is 1.11 bits per heavy atom. The molecule has 0 bridgehead atoms. The Hall–Kier alpha value is -3.58. The van der Waals surface area contributed by atoms with Crippen molar-refractivity contribution in [2.24, 2.45) is 0 Å². The number of hydrogen-bond acceptors (Lipinski definition) is 6. The van der Waals surface area contributed by atoms with Crippen LogP contribution in [0.2, 0.25) is 0 Å². The lowest BCUT2D eigenvalue weighted by Crippen LogP contribution is -2.32. The Labute approximate surface area is 207 Å². The van der Waals surface area contributed by atoms with Crippen LogP contribution in [0, 0.1) is 0 Å². The van der Waals surface area contributed by atoms with Crippen molar-refractivity contribution in [2.45, 2.75) is 25.8 Å². The standard InChI is InChI=1S/C28H34N2O5/c1-5-17-34-22-13-11-20(12-14-22)25-24(27(32)28(33)30(25)16-8-15-29(3)4)26(31)21-9-7-10-23(19-21)35-18-6-2/h5,7,9-14,19,25,31H,1,6,8,15-18H2,2-4H3/b26-24+. The second-order valence-electron chi connectivity index (χ2n) is 8.69. The van der Waals surface area contributed by atoms with E-state index in [1.165, 1.54) is 0 Å². The summed E-state index contributed by atoms with van der Waals surface area (Å²) in [5.74, 6) is -0.266. The summed E-state index contributed by atoms with van der Waals surface area (Å²) in [7, 11) is 3.92. The number of likely N-dealkylation sites (tertiary alicyclic amines) is 1. The van der Waals surface area contributed by atoms with Crippen molar-refractivity contribution in [2.75, 3.05) is 40.4 Å². The van der Waals surface area contributed by atoms with Crippen molar-refractivity contribution >= 4 is 17.4 Å². The molecule has 35 heavy (non-hydrogen) atoms. The quantitative estimate of drug-likeness (QED) is 0.211. The van der Waals surface area contributed by atoms with Crippen molar-refractivity contribution < 1.29 is 24.2 Å². The minimum atomic E-state index is -0.703. The number of aliphatic hydroxyl groups excluding tert-OH is 1. The molecular weight excluding hydrogens is 444 g/mol. The summed E-state index contributed by atoms with van der Waals surface area (Å²) in [6.45, 7) is 7.73. The Kier molecular flexibility index (Phi) is 9.09. The molecule has 0 saturated carbocycles. The Balaban J connectivity index is 2.03. The van der Waals surface area contributed by atoms with Gasteiger partial charge in [-0.1, -0.05) is 43.8 Å². The first-order valence-electron chi connectivity index (χ1n) is 11.9. The highest BCUT2D eigenvalue weighted by Crippen LogP contribution is 2.40. The summed E-state index contributed by atoms with van der Waals surface area (Å²) >= 11 is 0. The van der Waals surface area contributed by atoms with Crippen LogP contribution in [-0.4, -0.2) is 67.0 Å². The number of benzene rings is 2. The summed E-state index contributed by atoms with van der Waals surface area (Å²) in [6.07, 6.45) is 3.20. The number of carbonyl (C=O) groups is 2. The lowest BCUT2D eigenvalue weighted by molar-refractivity contribution is -0.139. The van der Waals surface area contributed by atoms with Gasteiger partial charge < -0.3 is 24.4 Å². The van der Waals surface area contributed by atoms with Crippen LogP contribution >= 0.6 is 0 Å². The minimum Gasteiger partial charge on any atom is -0.507 e. The molecule has 3 rings (SSSR count). The molecule has 7 nitrogen and oxygen atoms in total. The fourth-order valence-electron chi connectivity index (χ4n) is 4.02. The summed E-state index contributed by atoms with van der Waals surface area (Å²) < 4.78 is 11.3. The first kappa shape index (κ1) is 26.0. The van der Waals surface area contributed by atoms with Crippen molar-refractivity contribution in [1.82, 2.24) is 9.80 Å². The van der Waals surface area contributed by atoms with Gasteiger partial charge in [0.15, 0.2) is 0 Å². The number of ketones is 1. The van der Waals surface area contributed by atoms with E-state index >= 15 is 0 Å². The predicted octanol–water partition coefficient (Wildman–Crippen LogP) is 4.41. The molecule has 186 valence electrons. The third-order valence-corrected chi connectivity index (χ3v) is 5.69. The van der Waals surface area contributed by atoms with Gasteiger partial charge in [0.05, 0.1) is 18.2 Å². The first-order chi connectivity index (χ1) is 16.9. The molecule has 7 heteroatoms. The smallest absolute Gasteiger partial charge is 0.295 e. The summed E-state index contributed by atoms with van der Waals surface area (Å²) in [5.41, 5.74) is 1.23. The van der Waals surface area contributed by atoms with Gasteiger partial charge in [-0.3, -0.25) is 9.59 Å². The lowest BCUT2D eigenvalue weighted by atomic mass is 9.95. The molecular formula is C28H34N2O5. The molecule has 1 atom stereocenters. The highest BCUT2D eigenvalue weighted by Gasteiger charge is 2.45. The molecule has 0 aromatic heterocycles. The van der Waals surface area contributed by atoms with Crippen LogP contribution in [0.15, 0.2) is 66.8 Å². The van der Waals surface area contributed by atoms with E-state index in [1.807, 2.05) is 38.1 Å². The average molecular weight is 479 g/mol. The third-order valence-electron chi connectivity index (χ3n) is 5.69. The second-order valence-corrected chi connectivity index (χ2v) is 8.69. The maximum atomic E-state index is 13.2. The number of Topliss-reactive ketones (excluding diaryl/α,β-unsaturated/α-hetero) is 1. The third kappa shape index (κ3) is 6.31. The van der Waals surface area contributed by atoms with E-state index in [4.69, 9.17) is 9.47 Å². The molecule has 0 aliphatic carbocycles. The molecule has 1 saturated heterocycles. The molecule has 1 N–H and O–H groups in total. The molecule has 1 aliphatic heterocycles. The SMILES string of the molecule is C=CCOc1ccc(C2/C(=C(\O)c3cccc(OCCC)c3)C(=O)C(=O)N2CCCN(C)C)cc1. The molecule has 1 fully saturated rings. The largest absolute Gasteiger partial charge is 0.507 e. The van der Waals surface area contributed by atoms with Crippen molar-refractivity contribution in [3.05, 3.63) is 77.9 Å². The molecule has 2 aromatic carbocycles. The maximum absolute atomic E-state index is 13.2. The average Bonchev–Trinajstić information content (AvgIpc) is 3.11. The van der Waals surface area contributed by atoms with Gasteiger partial charge in [-0.2, -0.15) is 0 Å². The summed E-state index contributed by atoms with van der Waals surface area (Å²) in [5, 5.41) is 11.3. The van der Waals surface area contributed by atoms with Crippen molar-refractivity contribution in [3.8, 4) is 11.5 Å². The molecule has 1 heterocycles. The van der Waals surface area contributed by atoms with Crippen LogP contribution in [0.3, 0.4) is 0 Å². The van der Waals surface area contributed by atoms with Crippen LogP contribution < -0.4 is 9.47 Å². The highest BCUT2D eigenvalue weighted by atomic mass is 16.5. The van der Waals surface area contributed by atoms with Gasteiger partial charge in [0, 0.05) is 12.1 Å². The number of ether oxygens (including phenoxy) is 2. The Morgan fingerprint density at radius 3 is 2.51 bits per heavy atom. The van der Waals surface area contributed by atoms with E-state index in [0.717, 1.165) is 18.5 Å². The first-order valence-corrected chi connectivity index (χ1v) is 11.9. The van der Waals surface area contributed by atoms with Crippen LogP contribution in [0.1, 0.15) is 36.9 Å². The second kappa shape index (κ2) is 12.2. The zero-order valence-corrected chi connectivity index (χ0v) is 20.7. The van der Waals surface area contributed by atoms with Crippen molar-refractivity contribution in [1.29, 1.82) is 0 Å². The van der Waals surface area contributed by atoms with Crippen LogP contribution in [-0.2, 0) is 9.59 Å². The number of aliphatic hydroxyl groups is 1.